The van der Waals surface area contributed by atoms with Gasteiger partial charge in [-0.1, -0.05) is 97.1 Å². The molecule has 0 aliphatic carbocycles. The quantitative estimate of drug-likeness (QED) is 0.274. The third-order valence-corrected chi connectivity index (χ3v) is 5.60. The molecule has 0 saturated heterocycles. The Hall–Kier alpha value is -4.30. The molecule has 0 saturated carbocycles. The molecule has 0 spiro atoms. The van der Waals surface area contributed by atoms with E-state index in [2.05, 4.69) is 96.4 Å². The van der Waals surface area contributed by atoms with E-state index in [1.807, 2.05) is 43.3 Å². The number of benzene rings is 4. The molecule has 0 unspecified atom stereocenters. The molecule has 0 fully saturated rings. The van der Waals surface area contributed by atoms with E-state index in [4.69, 9.17) is 4.42 Å². The second-order valence-corrected chi connectivity index (χ2v) is 7.87. The van der Waals surface area contributed by atoms with Gasteiger partial charge in [-0.25, -0.2) is 0 Å². The Kier molecular flexibility index (Phi) is 5.90. The summed E-state index contributed by atoms with van der Waals surface area (Å²) in [5.41, 5.74) is 7.32. The van der Waals surface area contributed by atoms with Crippen LogP contribution in [0.3, 0.4) is 0 Å². The normalized spacial score (nSPS) is 12.3. The lowest BCUT2D eigenvalue weighted by Crippen LogP contribution is -1.96. The van der Waals surface area contributed by atoms with Crippen molar-refractivity contribution in [2.75, 3.05) is 5.32 Å². The minimum Gasteiger partial charge on any atom is -0.455 e. The van der Waals surface area contributed by atoms with Gasteiger partial charge in [-0.2, -0.15) is 0 Å². The summed E-state index contributed by atoms with van der Waals surface area (Å²) in [6.45, 7) is 2.02. The van der Waals surface area contributed by atoms with Crippen LogP contribution in [0.5, 0.6) is 0 Å². The molecule has 2 heteroatoms. The molecule has 0 aliphatic rings. The van der Waals surface area contributed by atoms with Crippen molar-refractivity contribution in [2.24, 2.45) is 0 Å². The van der Waals surface area contributed by atoms with Crippen molar-refractivity contribution in [1.82, 2.24) is 0 Å². The van der Waals surface area contributed by atoms with Gasteiger partial charge in [0, 0.05) is 27.7 Å². The van der Waals surface area contributed by atoms with Gasteiger partial charge in [0.05, 0.1) is 0 Å². The van der Waals surface area contributed by atoms with Crippen LogP contribution in [0.2, 0.25) is 0 Å². The second kappa shape index (κ2) is 9.46. The molecular weight excluding hydrogens is 402 g/mol. The molecule has 0 bridgehead atoms. The molecule has 5 aromatic rings. The minimum atomic E-state index is 0.919. The van der Waals surface area contributed by atoms with Gasteiger partial charge in [-0.3, -0.25) is 0 Å². The number of fused-ring (bicyclic) bond motifs is 3. The largest absolute Gasteiger partial charge is 0.455 e. The summed E-state index contributed by atoms with van der Waals surface area (Å²) >= 11 is 0. The maximum atomic E-state index is 6.20. The molecule has 33 heavy (non-hydrogen) atoms. The number of hydrogen-bond donors (Lipinski definition) is 1. The van der Waals surface area contributed by atoms with Crippen molar-refractivity contribution in [1.29, 1.82) is 0 Å². The number of furan rings is 1. The Labute approximate surface area is 194 Å². The van der Waals surface area contributed by atoms with Gasteiger partial charge in [0.2, 0.25) is 0 Å². The standard InChI is InChI=1S/C31H25NO/c1-2-10-25(14-8-13-23-11-4-3-5-12-23)32-26-21-19-24(20-22-26)27-16-9-17-29-28-15-6-7-18-30(28)33-31(27)29/h2-22,32H,1H3/b10-2-,13-8+,25-14+. The summed E-state index contributed by atoms with van der Waals surface area (Å²) in [5, 5.41) is 5.80. The third kappa shape index (κ3) is 4.51. The minimum absolute atomic E-state index is 0.919. The molecule has 0 amide bonds. The van der Waals surface area contributed by atoms with Crippen molar-refractivity contribution in [3.63, 3.8) is 0 Å². The first kappa shape index (κ1) is 20.6. The number of anilines is 1. The van der Waals surface area contributed by atoms with Crippen LogP contribution in [0.15, 0.2) is 131 Å². The highest BCUT2D eigenvalue weighted by Gasteiger charge is 2.11. The predicted octanol–water partition coefficient (Wildman–Crippen LogP) is 8.84. The van der Waals surface area contributed by atoms with Crippen molar-refractivity contribution in [3.05, 3.63) is 133 Å². The first-order valence-corrected chi connectivity index (χ1v) is 11.2. The predicted molar refractivity (Wildman–Crippen MR) is 141 cm³/mol. The summed E-state index contributed by atoms with van der Waals surface area (Å²) in [6, 6.07) is 33.3. The molecular formula is C31H25NO. The Morgan fingerprint density at radius 3 is 2.33 bits per heavy atom. The highest BCUT2D eigenvalue weighted by molar-refractivity contribution is 6.09. The van der Waals surface area contributed by atoms with Crippen LogP contribution in [0.25, 0.3) is 39.1 Å². The van der Waals surface area contributed by atoms with E-state index in [9.17, 15) is 0 Å². The van der Waals surface area contributed by atoms with Gasteiger partial charge in [0.1, 0.15) is 11.2 Å². The van der Waals surface area contributed by atoms with Crippen LogP contribution in [0.4, 0.5) is 5.69 Å². The molecule has 1 heterocycles. The zero-order chi connectivity index (χ0) is 22.5. The number of para-hydroxylation sites is 2. The molecule has 0 aliphatic heterocycles. The molecule has 1 aromatic heterocycles. The lowest BCUT2D eigenvalue weighted by molar-refractivity contribution is 0.670. The molecule has 160 valence electrons. The zero-order valence-electron chi connectivity index (χ0n) is 18.5. The van der Waals surface area contributed by atoms with Gasteiger partial charge in [-0.15, -0.1) is 0 Å². The fraction of sp³-hybridized carbons (Fsp3) is 0.0323. The zero-order valence-corrected chi connectivity index (χ0v) is 18.5. The number of allylic oxidation sites excluding steroid dienone is 4. The summed E-state index contributed by atoms with van der Waals surface area (Å²) in [6.07, 6.45) is 10.3. The maximum Gasteiger partial charge on any atom is 0.143 e. The van der Waals surface area contributed by atoms with Gasteiger partial charge in [0.15, 0.2) is 0 Å². The third-order valence-electron chi connectivity index (χ3n) is 5.60. The summed E-state index contributed by atoms with van der Waals surface area (Å²) in [7, 11) is 0. The Morgan fingerprint density at radius 2 is 1.52 bits per heavy atom. The SMILES string of the molecule is C\C=C/C(=C\C=C\c1ccccc1)Nc1ccc(-c2cccc3c2oc2ccccc23)cc1. The number of hydrogen-bond acceptors (Lipinski definition) is 2. The van der Waals surface area contributed by atoms with Crippen LogP contribution in [-0.4, -0.2) is 0 Å². The van der Waals surface area contributed by atoms with E-state index < -0.39 is 0 Å². The van der Waals surface area contributed by atoms with Crippen molar-refractivity contribution in [2.45, 2.75) is 6.92 Å². The molecule has 5 rings (SSSR count). The number of rotatable bonds is 6. The topological polar surface area (TPSA) is 25.2 Å². The average molecular weight is 428 g/mol. The molecule has 0 radical (unpaired) electrons. The Balaban J connectivity index is 1.40. The van der Waals surface area contributed by atoms with Crippen molar-refractivity contribution < 1.29 is 4.42 Å². The second-order valence-electron chi connectivity index (χ2n) is 7.87. The van der Waals surface area contributed by atoms with Crippen molar-refractivity contribution >= 4 is 33.7 Å². The molecule has 1 N–H and O–H groups in total. The lowest BCUT2D eigenvalue weighted by atomic mass is 10.0. The van der Waals surface area contributed by atoms with Gasteiger partial charge >= 0.3 is 0 Å². The maximum absolute atomic E-state index is 6.20. The summed E-state index contributed by atoms with van der Waals surface area (Å²) in [5.74, 6) is 0. The van der Waals surface area contributed by atoms with E-state index in [-0.39, 0.29) is 0 Å². The summed E-state index contributed by atoms with van der Waals surface area (Å²) < 4.78 is 6.20. The van der Waals surface area contributed by atoms with E-state index in [0.29, 0.717) is 0 Å². The first-order valence-electron chi connectivity index (χ1n) is 11.2. The fourth-order valence-electron chi connectivity index (χ4n) is 4.02. The fourth-order valence-corrected chi connectivity index (χ4v) is 4.02. The molecule has 4 aromatic carbocycles. The van der Waals surface area contributed by atoms with Crippen LogP contribution in [0, 0.1) is 0 Å². The Bertz CT molecular complexity index is 1470. The van der Waals surface area contributed by atoms with Gasteiger partial charge in [-0.05, 0) is 48.4 Å². The highest BCUT2D eigenvalue weighted by atomic mass is 16.3. The number of nitrogens with one attached hydrogen (secondary N) is 1. The van der Waals surface area contributed by atoms with E-state index in [1.165, 1.54) is 5.56 Å². The molecule has 0 atom stereocenters. The lowest BCUT2D eigenvalue weighted by Gasteiger charge is -2.09. The Morgan fingerprint density at radius 1 is 0.758 bits per heavy atom. The highest BCUT2D eigenvalue weighted by Crippen LogP contribution is 2.35. The van der Waals surface area contributed by atoms with Crippen LogP contribution < -0.4 is 5.32 Å². The van der Waals surface area contributed by atoms with E-state index in [0.717, 1.165) is 44.4 Å². The van der Waals surface area contributed by atoms with Gasteiger partial charge < -0.3 is 9.73 Å². The van der Waals surface area contributed by atoms with Crippen LogP contribution in [0.1, 0.15) is 12.5 Å². The smallest absolute Gasteiger partial charge is 0.143 e. The van der Waals surface area contributed by atoms with Crippen molar-refractivity contribution in [3.8, 4) is 11.1 Å². The molecule has 2 nitrogen and oxygen atoms in total. The van der Waals surface area contributed by atoms with Gasteiger partial charge in [0.25, 0.3) is 0 Å². The monoisotopic (exact) mass is 427 g/mol. The summed E-state index contributed by atoms with van der Waals surface area (Å²) in [4.78, 5) is 0. The van der Waals surface area contributed by atoms with Crippen LogP contribution >= 0.6 is 0 Å². The average Bonchev–Trinajstić information content (AvgIpc) is 3.24. The first-order chi connectivity index (χ1) is 16.3. The van der Waals surface area contributed by atoms with Crippen LogP contribution in [-0.2, 0) is 0 Å². The van der Waals surface area contributed by atoms with E-state index in [1.54, 1.807) is 0 Å². The van der Waals surface area contributed by atoms with E-state index >= 15 is 0 Å².